The van der Waals surface area contributed by atoms with Gasteiger partial charge in [-0.3, -0.25) is 14.3 Å². The molecule has 6 nitrogen and oxygen atoms in total. The average Bonchev–Trinajstić information content (AvgIpc) is 2.95. The molecule has 0 saturated heterocycles. The fourth-order valence-electron chi connectivity index (χ4n) is 2.71. The predicted octanol–water partition coefficient (Wildman–Crippen LogP) is 2.23. The lowest BCUT2D eigenvalue weighted by molar-refractivity contribution is 0.0923. The average molecular weight is 305 g/mol. The van der Waals surface area contributed by atoms with E-state index in [2.05, 4.69) is 20.0 Å². The van der Waals surface area contributed by atoms with Crippen LogP contribution in [0.1, 0.15) is 42.5 Å². The second-order valence-electron chi connectivity index (χ2n) is 5.45. The molecule has 0 aliphatic heterocycles. The number of nitrogens with zero attached hydrogens (tertiary/aromatic N) is 1. The normalized spacial score (nSPS) is 15.7. The number of carbonyl (C=O) groups is 1. The number of benzene rings is 1. The van der Waals surface area contributed by atoms with Crippen molar-refractivity contribution in [1.82, 2.24) is 15.5 Å². The molecular formula is C15H16FN3O3. The maximum absolute atomic E-state index is 13.9. The summed E-state index contributed by atoms with van der Waals surface area (Å²) in [7, 11) is 0. The lowest BCUT2D eigenvalue weighted by atomic mass is 9.95. The third kappa shape index (κ3) is 3.08. The Morgan fingerprint density at radius 2 is 2.09 bits per heavy atom. The number of aromatic nitrogens is 2. The Labute approximate surface area is 125 Å². The molecular weight excluding hydrogens is 289 g/mol. The number of aromatic amines is 1. The molecule has 0 atom stereocenters. The molecule has 1 fully saturated rings. The first-order valence-corrected chi connectivity index (χ1v) is 7.30. The molecule has 0 radical (unpaired) electrons. The highest BCUT2D eigenvalue weighted by molar-refractivity contribution is 5.95. The van der Waals surface area contributed by atoms with Crippen LogP contribution in [-0.2, 0) is 0 Å². The van der Waals surface area contributed by atoms with Gasteiger partial charge >= 0.3 is 5.76 Å². The van der Waals surface area contributed by atoms with Crippen LogP contribution in [0.5, 0.6) is 0 Å². The molecule has 1 heterocycles. The zero-order valence-corrected chi connectivity index (χ0v) is 11.9. The zero-order valence-electron chi connectivity index (χ0n) is 11.9. The Hall–Kier alpha value is -2.44. The van der Waals surface area contributed by atoms with E-state index in [9.17, 15) is 14.0 Å². The van der Waals surface area contributed by atoms with Gasteiger partial charge in [0.15, 0.2) is 5.82 Å². The van der Waals surface area contributed by atoms with Gasteiger partial charge in [-0.15, -0.1) is 0 Å². The quantitative estimate of drug-likeness (QED) is 0.910. The van der Waals surface area contributed by atoms with Gasteiger partial charge in [0.25, 0.3) is 5.91 Å². The molecule has 0 spiro atoms. The number of amides is 1. The van der Waals surface area contributed by atoms with E-state index in [1.165, 1.54) is 24.6 Å². The second kappa shape index (κ2) is 6.13. The van der Waals surface area contributed by atoms with Crippen molar-refractivity contribution in [1.29, 1.82) is 0 Å². The fraction of sp³-hybridized carbons (Fsp3) is 0.400. The van der Waals surface area contributed by atoms with Crippen molar-refractivity contribution in [2.75, 3.05) is 0 Å². The fourth-order valence-corrected chi connectivity index (χ4v) is 2.71. The van der Waals surface area contributed by atoms with Gasteiger partial charge in [-0.05, 0) is 31.0 Å². The monoisotopic (exact) mass is 305 g/mol. The highest BCUT2D eigenvalue weighted by Gasteiger charge is 2.20. The number of hydrogen-bond donors (Lipinski definition) is 2. The molecule has 0 unspecified atom stereocenters. The minimum atomic E-state index is -0.701. The molecule has 22 heavy (non-hydrogen) atoms. The largest absolute Gasteiger partial charge is 0.439 e. The Balaban J connectivity index is 1.82. The Morgan fingerprint density at radius 3 is 2.77 bits per heavy atom. The summed E-state index contributed by atoms with van der Waals surface area (Å²) < 4.78 is 18.3. The number of rotatable bonds is 3. The van der Waals surface area contributed by atoms with Crippen LogP contribution in [0.4, 0.5) is 4.39 Å². The van der Waals surface area contributed by atoms with E-state index in [0.717, 1.165) is 25.7 Å². The number of H-pyrrole nitrogens is 1. The molecule has 1 aromatic carbocycles. The first-order chi connectivity index (χ1) is 10.6. The van der Waals surface area contributed by atoms with E-state index in [1.54, 1.807) is 0 Å². The van der Waals surface area contributed by atoms with Gasteiger partial charge in [-0.1, -0.05) is 24.4 Å². The van der Waals surface area contributed by atoms with Crippen molar-refractivity contribution in [2.45, 2.75) is 38.1 Å². The van der Waals surface area contributed by atoms with Gasteiger partial charge < -0.3 is 5.32 Å². The van der Waals surface area contributed by atoms with E-state index < -0.39 is 17.5 Å². The van der Waals surface area contributed by atoms with Crippen LogP contribution >= 0.6 is 0 Å². The molecule has 1 aliphatic carbocycles. The maximum Gasteiger partial charge on any atom is 0.439 e. The third-order valence-electron chi connectivity index (χ3n) is 3.87. The van der Waals surface area contributed by atoms with Crippen LogP contribution in [0.25, 0.3) is 11.4 Å². The highest BCUT2D eigenvalue weighted by Crippen LogP contribution is 2.20. The van der Waals surface area contributed by atoms with Crippen LogP contribution in [0.15, 0.2) is 27.5 Å². The van der Waals surface area contributed by atoms with E-state index in [4.69, 9.17) is 0 Å². The highest BCUT2D eigenvalue weighted by atomic mass is 19.1. The smallest absolute Gasteiger partial charge is 0.349 e. The summed E-state index contributed by atoms with van der Waals surface area (Å²) in [6, 6.07) is 4.07. The summed E-state index contributed by atoms with van der Waals surface area (Å²) in [6.45, 7) is 0. The number of hydrogen-bond acceptors (Lipinski definition) is 4. The molecule has 1 aromatic heterocycles. The Morgan fingerprint density at radius 1 is 1.32 bits per heavy atom. The first-order valence-electron chi connectivity index (χ1n) is 7.30. The summed E-state index contributed by atoms with van der Waals surface area (Å²) in [5, 5.41) is 6.40. The Kier molecular flexibility index (Phi) is 4.04. The third-order valence-corrected chi connectivity index (χ3v) is 3.87. The second-order valence-corrected chi connectivity index (χ2v) is 5.45. The molecule has 2 N–H and O–H groups in total. The number of nitrogens with one attached hydrogen (secondary N) is 2. The van der Waals surface area contributed by atoms with Crippen molar-refractivity contribution in [3.63, 3.8) is 0 Å². The van der Waals surface area contributed by atoms with Crippen LogP contribution in [0, 0.1) is 5.82 Å². The van der Waals surface area contributed by atoms with Crippen molar-refractivity contribution in [2.24, 2.45) is 0 Å². The molecule has 3 rings (SSSR count). The van der Waals surface area contributed by atoms with Gasteiger partial charge in [0.05, 0.1) is 5.56 Å². The van der Waals surface area contributed by atoms with Gasteiger partial charge in [0.2, 0.25) is 0 Å². The van der Waals surface area contributed by atoms with Crippen LogP contribution < -0.4 is 11.1 Å². The summed E-state index contributed by atoms with van der Waals surface area (Å²) in [4.78, 5) is 25.6. The minimum Gasteiger partial charge on any atom is -0.349 e. The molecule has 1 saturated carbocycles. The molecule has 7 heteroatoms. The number of halogens is 1. The van der Waals surface area contributed by atoms with Crippen LogP contribution in [0.3, 0.4) is 0 Å². The molecule has 2 aromatic rings. The topological polar surface area (TPSA) is 88.0 Å². The van der Waals surface area contributed by atoms with Crippen molar-refractivity contribution in [3.05, 3.63) is 40.1 Å². The zero-order chi connectivity index (χ0) is 15.5. The Bertz CT molecular complexity index is 732. The van der Waals surface area contributed by atoms with E-state index in [1.807, 2.05) is 0 Å². The SMILES string of the molecule is O=C(NC1CCCCC1)c1cc(-c2noc(=O)[nH]2)ccc1F. The first kappa shape index (κ1) is 14.5. The van der Waals surface area contributed by atoms with E-state index >= 15 is 0 Å². The summed E-state index contributed by atoms with van der Waals surface area (Å²) in [6.07, 6.45) is 5.17. The van der Waals surface area contributed by atoms with E-state index in [-0.39, 0.29) is 17.4 Å². The summed E-state index contributed by atoms with van der Waals surface area (Å²) in [5.74, 6) is -1.59. The van der Waals surface area contributed by atoms with Gasteiger partial charge in [0, 0.05) is 11.6 Å². The lowest BCUT2D eigenvalue weighted by Gasteiger charge is -2.22. The van der Waals surface area contributed by atoms with Crippen LogP contribution in [-0.4, -0.2) is 22.1 Å². The van der Waals surface area contributed by atoms with Gasteiger partial charge in [-0.2, -0.15) is 0 Å². The lowest BCUT2D eigenvalue weighted by Crippen LogP contribution is -2.36. The van der Waals surface area contributed by atoms with Crippen molar-refractivity contribution >= 4 is 5.91 Å². The predicted molar refractivity (Wildman–Crippen MR) is 76.9 cm³/mol. The van der Waals surface area contributed by atoms with E-state index in [0.29, 0.717) is 5.56 Å². The summed E-state index contributed by atoms with van der Waals surface area (Å²) >= 11 is 0. The molecule has 1 aliphatic rings. The standard InChI is InChI=1S/C15H16FN3O3/c16-12-7-6-9(13-18-15(21)22-19-13)8-11(12)14(20)17-10-4-2-1-3-5-10/h6-8,10H,1-5H2,(H,17,20)(H,18,19,21). The maximum atomic E-state index is 13.9. The van der Waals surface area contributed by atoms with Crippen molar-refractivity contribution in [3.8, 4) is 11.4 Å². The van der Waals surface area contributed by atoms with Gasteiger partial charge in [0.1, 0.15) is 5.82 Å². The van der Waals surface area contributed by atoms with Crippen LogP contribution in [0.2, 0.25) is 0 Å². The van der Waals surface area contributed by atoms with Crippen molar-refractivity contribution < 1.29 is 13.7 Å². The molecule has 1 amide bonds. The summed E-state index contributed by atoms with van der Waals surface area (Å²) in [5.41, 5.74) is 0.355. The number of carbonyl (C=O) groups excluding carboxylic acids is 1. The molecule has 116 valence electrons. The molecule has 0 bridgehead atoms. The minimum absolute atomic E-state index is 0.0630. The van der Waals surface area contributed by atoms with Gasteiger partial charge in [-0.25, -0.2) is 9.18 Å².